The van der Waals surface area contributed by atoms with E-state index in [0.29, 0.717) is 38.2 Å². The van der Waals surface area contributed by atoms with E-state index in [9.17, 15) is 22.8 Å². The van der Waals surface area contributed by atoms with Gasteiger partial charge in [0.05, 0.1) is 6.61 Å². The van der Waals surface area contributed by atoms with Crippen molar-refractivity contribution in [3.63, 3.8) is 0 Å². The number of aromatic nitrogens is 2. The Morgan fingerprint density at radius 1 is 1.20 bits per heavy atom. The van der Waals surface area contributed by atoms with Gasteiger partial charge in [0, 0.05) is 24.7 Å². The van der Waals surface area contributed by atoms with Gasteiger partial charge in [0.25, 0.3) is 5.91 Å². The Labute approximate surface area is 171 Å². The van der Waals surface area contributed by atoms with Crippen molar-refractivity contribution < 1.29 is 27.5 Å². The van der Waals surface area contributed by atoms with Crippen LogP contribution in [0, 0.1) is 0 Å². The summed E-state index contributed by atoms with van der Waals surface area (Å²) in [6, 6.07) is 11.1. The number of hydrogen-bond acceptors (Lipinski definition) is 4. The van der Waals surface area contributed by atoms with Gasteiger partial charge in [0.15, 0.2) is 0 Å². The Bertz CT molecular complexity index is 846. The first kappa shape index (κ1) is 21.8. The molecule has 2 heterocycles. The minimum Gasteiger partial charge on any atom is -0.367 e. The third-order valence-electron chi connectivity index (χ3n) is 4.90. The van der Waals surface area contributed by atoms with Crippen LogP contribution in [-0.2, 0) is 16.1 Å². The summed E-state index contributed by atoms with van der Waals surface area (Å²) in [7, 11) is 0. The minimum absolute atomic E-state index is 0.00709. The van der Waals surface area contributed by atoms with Crippen LogP contribution >= 0.6 is 0 Å². The summed E-state index contributed by atoms with van der Waals surface area (Å²) in [6.07, 6.45) is -3.15. The highest BCUT2D eigenvalue weighted by Gasteiger charge is 2.29. The Kier molecular flexibility index (Phi) is 7.09. The summed E-state index contributed by atoms with van der Waals surface area (Å²) < 4.78 is 42.1. The van der Waals surface area contributed by atoms with Gasteiger partial charge >= 0.3 is 6.18 Å². The van der Waals surface area contributed by atoms with E-state index < -0.39 is 18.6 Å². The van der Waals surface area contributed by atoms with Crippen LogP contribution in [0.15, 0.2) is 36.4 Å². The second kappa shape index (κ2) is 9.75. The Morgan fingerprint density at radius 2 is 1.90 bits per heavy atom. The van der Waals surface area contributed by atoms with Crippen LogP contribution in [0.4, 0.5) is 13.2 Å². The van der Waals surface area contributed by atoms with E-state index in [1.165, 1.54) is 6.07 Å². The Hall–Kier alpha value is -2.88. The lowest BCUT2D eigenvalue weighted by atomic mass is 9.93. The first-order valence-electron chi connectivity index (χ1n) is 9.61. The molecule has 1 fully saturated rings. The summed E-state index contributed by atoms with van der Waals surface area (Å²) in [4.78, 5) is 25.8. The Morgan fingerprint density at radius 3 is 2.57 bits per heavy atom. The molecule has 0 spiro atoms. The van der Waals surface area contributed by atoms with E-state index in [2.05, 4.69) is 10.2 Å². The molecule has 10 heteroatoms. The van der Waals surface area contributed by atoms with E-state index in [1.807, 2.05) is 30.3 Å². The number of piperidine rings is 1. The number of H-pyrrole nitrogens is 1. The highest BCUT2D eigenvalue weighted by Crippen LogP contribution is 2.27. The number of rotatable bonds is 7. The van der Waals surface area contributed by atoms with Gasteiger partial charge < -0.3 is 15.0 Å². The number of alkyl halides is 3. The number of carbonyl (C=O) groups is 2. The van der Waals surface area contributed by atoms with Crippen molar-refractivity contribution in [2.45, 2.75) is 31.5 Å². The molecule has 1 aliphatic rings. The lowest BCUT2D eigenvalue weighted by Gasteiger charge is -2.31. The average Bonchev–Trinajstić information content (AvgIpc) is 3.23. The zero-order valence-electron chi connectivity index (χ0n) is 16.2. The van der Waals surface area contributed by atoms with E-state index in [4.69, 9.17) is 4.74 Å². The normalized spacial score (nSPS) is 15.2. The summed E-state index contributed by atoms with van der Waals surface area (Å²) in [5, 5.41) is 8.34. The van der Waals surface area contributed by atoms with Crippen molar-refractivity contribution in [2.75, 3.05) is 26.2 Å². The molecule has 7 nitrogen and oxygen atoms in total. The van der Waals surface area contributed by atoms with E-state index in [0.717, 1.165) is 5.56 Å². The maximum Gasteiger partial charge on any atom is 0.405 e. The van der Waals surface area contributed by atoms with Crippen LogP contribution < -0.4 is 5.32 Å². The number of nitrogens with zero attached hydrogens (tertiary/aromatic N) is 2. The number of benzene rings is 1. The van der Waals surface area contributed by atoms with Crippen LogP contribution in [0.3, 0.4) is 0 Å². The lowest BCUT2D eigenvalue weighted by molar-refractivity contribution is -0.137. The van der Waals surface area contributed by atoms with Gasteiger partial charge in [-0.15, -0.1) is 0 Å². The second-order valence-electron chi connectivity index (χ2n) is 7.14. The van der Waals surface area contributed by atoms with Gasteiger partial charge in [-0.3, -0.25) is 14.7 Å². The van der Waals surface area contributed by atoms with E-state index in [-0.39, 0.29) is 24.1 Å². The van der Waals surface area contributed by atoms with Crippen molar-refractivity contribution >= 4 is 11.8 Å². The maximum absolute atomic E-state index is 12.3. The first-order valence-corrected chi connectivity index (χ1v) is 9.61. The fraction of sp³-hybridized carbons (Fsp3) is 0.450. The molecule has 1 aliphatic heterocycles. The minimum atomic E-state index is -4.47. The van der Waals surface area contributed by atoms with E-state index >= 15 is 0 Å². The van der Waals surface area contributed by atoms with Gasteiger partial charge in [0.1, 0.15) is 18.8 Å². The summed E-state index contributed by atoms with van der Waals surface area (Å²) in [6.45, 7) is 0.0457. The molecule has 1 aromatic carbocycles. The zero-order chi connectivity index (χ0) is 21.6. The topological polar surface area (TPSA) is 87.3 Å². The van der Waals surface area contributed by atoms with Crippen LogP contribution in [0.1, 0.15) is 40.5 Å². The van der Waals surface area contributed by atoms with Gasteiger partial charge in [0.2, 0.25) is 5.91 Å². The molecule has 3 rings (SSSR count). The molecular weight excluding hydrogens is 401 g/mol. The standard InChI is InChI=1S/C20H23F3N4O3/c21-20(22,23)13-24-19(29)17-10-16(25-26-17)15-6-8-27(9-7-15)18(28)12-30-11-14-4-2-1-3-5-14/h1-5,10,15H,6-9,11-13H2,(H,24,29)(H,25,26). The molecule has 0 bridgehead atoms. The molecule has 0 atom stereocenters. The number of aromatic amines is 1. The number of likely N-dealkylation sites (tertiary alicyclic amines) is 1. The monoisotopic (exact) mass is 424 g/mol. The molecule has 30 heavy (non-hydrogen) atoms. The fourth-order valence-corrected chi connectivity index (χ4v) is 3.29. The van der Waals surface area contributed by atoms with Crippen molar-refractivity contribution in [3.05, 3.63) is 53.3 Å². The fourth-order valence-electron chi connectivity index (χ4n) is 3.29. The average molecular weight is 424 g/mol. The van der Waals surface area contributed by atoms with Crippen LogP contribution in [0.5, 0.6) is 0 Å². The third kappa shape index (κ3) is 6.31. The number of hydrogen-bond donors (Lipinski definition) is 2. The van der Waals surface area contributed by atoms with Gasteiger partial charge in [-0.2, -0.15) is 18.3 Å². The molecule has 2 N–H and O–H groups in total. The van der Waals surface area contributed by atoms with Gasteiger partial charge in [-0.1, -0.05) is 30.3 Å². The quantitative estimate of drug-likeness (QED) is 0.716. The second-order valence-corrected chi connectivity index (χ2v) is 7.14. The molecular formula is C20H23F3N4O3. The lowest BCUT2D eigenvalue weighted by Crippen LogP contribution is -2.40. The summed E-state index contributed by atoms with van der Waals surface area (Å²) in [5.74, 6) is -0.907. The number of halogens is 3. The number of amides is 2. The molecule has 0 saturated carbocycles. The van der Waals surface area contributed by atoms with Gasteiger partial charge in [-0.05, 0) is 24.5 Å². The predicted molar refractivity (Wildman–Crippen MR) is 102 cm³/mol. The summed E-state index contributed by atoms with van der Waals surface area (Å²) in [5.41, 5.74) is 1.60. The van der Waals surface area contributed by atoms with Crippen molar-refractivity contribution in [1.82, 2.24) is 20.4 Å². The van der Waals surface area contributed by atoms with E-state index in [1.54, 1.807) is 10.2 Å². The van der Waals surface area contributed by atoms with Crippen LogP contribution in [0.25, 0.3) is 0 Å². The largest absolute Gasteiger partial charge is 0.405 e. The maximum atomic E-state index is 12.3. The molecule has 2 amide bonds. The molecule has 162 valence electrons. The van der Waals surface area contributed by atoms with Crippen LogP contribution in [0.2, 0.25) is 0 Å². The SMILES string of the molecule is O=C(NCC(F)(F)F)c1cc(C2CCN(C(=O)COCc3ccccc3)CC2)[nH]n1. The van der Waals surface area contributed by atoms with Crippen molar-refractivity contribution in [3.8, 4) is 0 Å². The van der Waals surface area contributed by atoms with Crippen molar-refractivity contribution in [2.24, 2.45) is 0 Å². The number of ether oxygens (including phenoxy) is 1. The van der Waals surface area contributed by atoms with Gasteiger partial charge in [-0.25, -0.2) is 0 Å². The van der Waals surface area contributed by atoms with Crippen LogP contribution in [-0.4, -0.2) is 59.3 Å². The smallest absolute Gasteiger partial charge is 0.367 e. The highest BCUT2D eigenvalue weighted by molar-refractivity contribution is 5.92. The first-order chi connectivity index (χ1) is 14.3. The molecule has 0 radical (unpaired) electrons. The zero-order valence-corrected chi connectivity index (χ0v) is 16.2. The molecule has 1 aromatic heterocycles. The molecule has 2 aromatic rings. The third-order valence-corrected chi connectivity index (χ3v) is 4.90. The predicted octanol–water partition coefficient (Wildman–Crippen LogP) is 2.62. The molecule has 0 unspecified atom stereocenters. The number of carbonyl (C=O) groups excluding carboxylic acids is 2. The van der Waals surface area contributed by atoms with Crippen molar-refractivity contribution in [1.29, 1.82) is 0 Å². The Balaban J connectivity index is 1.42. The number of nitrogens with one attached hydrogen (secondary N) is 2. The molecule has 0 aliphatic carbocycles. The highest BCUT2D eigenvalue weighted by atomic mass is 19.4. The molecule has 1 saturated heterocycles. The summed E-state index contributed by atoms with van der Waals surface area (Å²) >= 11 is 0.